The Kier molecular flexibility index (Phi) is 6.45. The first-order valence-electron chi connectivity index (χ1n) is 7.93. The Balaban J connectivity index is 2.73. The Bertz CT molecular complexity index is 486. The van der Waals surface area contributed by atoms with Gasteiger partial charge in [-0.3, -0.25) is 9.48 Å². The Morgan fingerprint density at radius 3 is 2.43 bits per heavy atom. The molecule has 0 bridgehead atoms. The minimum absolute atomic E-state index is 0.255. The van der Waals surface area contributed by atoms with E-state index in [1.54, 1.807) is 0 Å². The lowest BCUT2D eigenvalue weighted by Crippen LogP contribution is -2.16. The highest BCUT2D eigenvalue weighted by molar-refractivity contribution is 6.32. The third kappa shape index (κ3) is 5.46. The quantitative estimate of drug-likeness (QED) is 0.732. The highest BCUT2D eigenvalue weighted by Gasteiger charge is 2.21. The van der Waals surface area contributed by atoms with Crippen LogP contribution in [0.15, 0.2) is 0 Å². The first-order valence-corrected chi connectivity index (χ1v) is 8.31. The van der Waals surface area contributed by atoms with Gasteiger partial charge in [-0.1, -0.05) is 46.2 Å². The fourth-order valence-corrected chi connectivity index (χ4v) is 3.29. The molecular weight excluding hydrogens is 284 g/mol. The number of halogens is 1. The molecule has 1 unspecified atom stereocenters. The van der Waals surface area contributed by atoms with E-state index in [0.717, 1.165) is 30.8 Å². The van der Waals surface area contributed by atoms with E-state index in [1.807, 2.05) is 18.5 Å². The van der Waals surface area contributed by atoms with Crippen LogP contribution in [0.4, 0.5) is 0 Å². The summed E-state index contributed by atoms with van der Waals surface area (Å²) in [5, 5.41) is 5.15. The fourth-order valence-electron chi connectivity index (χ4n) is 2.95. The maximum absolute atomic E-state index is 12.3. The van der Waals surface area contributed by atoms with Gasteiger partial charge < -0.3 is 0 Å². The van der Waals surface area contributed by atoms with Crippen molar-refractivity contribution in [3.8, 4) is 0 Å². The van der Waals surface area contributed by atoms with Crippen molar-refractivity contribution in [2.45, 2.75) is 73.8 Å². The molecule has 0 aromatic carbocycles. The van der Waals surface area contributed by atoms with Gasteiger partial charge in [0, 0.05) is 19.4 Å². The molecule has 1 heterocycles. The number of aryl methyl sites for hydroxylation is 2. The average molecular weight is 313 g/mol. The zero-order valence-corrected chi connectivity index (χ0v) is 15.0. The van der Waals surface area contributed by atoms with Crippen LogP contribution in [0.2, 0.25) is 5.02 Å². The SMILES string of the molecule is CCc1nn(CC)c(CC(=O)CC(C)CC(C)(C)C)c1Cl. The summed E-state index contributed by atoms with van der Waals surface area (Å²) in [6.07, 6.45) is 2.87. The zero-order valence-electron chi connectivity index (χ0n) is 14.3. The largest absolute Gasteiger partial charge is 0.299 e. The van der Waals surface area contributed by atoms with Crippen LogP contribution in [-0.4, -0.2) is 15.6 Å². The number of aromatic nitrogens is 2. The number of Topliss-reactive ketones (excluding diaryl/α,β-unsaturated/α-hetero) is 1. The van der Waals surface area contributed by atoms with E-state index < -0.39 is 0 Å². The maximum Gasteiger partial charge on any atom is 0.139 e. The molecule has 4 heteroatoms. The summed E-state index contributed by atoms with van der Waals surface area (Å²) in [4.78, 5) is 12.3. The normalized spacial score (nSPS) is 13.5. The number of ketones is 1. The van der Waals surface area contributed by atoms with Crippen molar-refractivity contribution in [2.24, 2.45) is 11.3 Å². The van der Waals surface area contributed by atoms with Crippen molar-refractivity contribution >= 4 is 17.4 Å². The summed E-state index contributed by atoms with van der Waals surface area (Å²) in [6, 6.07) is 0. The van der Waals surface area contributed by atoms with E-state index >= 15 is 0 Å². The van der Waals surface area contributed by atoms with Gasteiger partial charge in [0.25, 0.3) is 0 Å². The molecule has 120 valence electrons. The Labute approximate surface area is 134 Å². The molecule has 0 radical (unpaired) electrons. The van der Waals surface area contributed by atoms with Gasteiger partial charge in [-0.05, 0) is 31.1 Å². The van der Waals surface area contributed by atoms with Gasteiger partial charge in [-0.25, -0.2) is 0 Å². The molecule has 1 rings (SSSR count). The second-order valence-electron chi connectivity index (χ2n) is 7.17. The second-order valence-corrected chi connectivity index (χ2v) is 7.54. The smallest absolute Gasteiger partial charge is 0.139 e. The summed E-state index contributed by atoms with van der Waals surface area (Å²) < 4.78 is 1.87. The predicted octanol–water partition coefficient (Wildman–Crippen LogP) is 4.69. The summed E-state index contributed by atoms with van der Waals surface area (Å²) in [6.45, 7) is 13.6. The topological polar surface area (TPSA) is 34.9 Å². The number of hydrogen-bond acceptors (Lipinski definition) is 2. The lowest BCUT2D eigenvalue weighted by molar-refractivity contribution is -0.119. The van der Waals surface area contributed by atoms with E-state index in [4.69, 9.17) is 11.6 Å². The molecule has 0 amide bonds. The van der Waals surface area contributed by atoms with Crippen LogP contribution < -0.4 is 0 Å². The van der Waals surface area contributed by atoms with E-state index in [9.17, 15) is 4.79 Å². The van der Waals surface area contributed by atoms with Crippen LogP contribution >= 0.6 is 11.6 Å². The first-order chi connectivity index (χ1) is 9.67. The third-order valence-corrected chi connectivity index (χ3v) is 4.03. The Hall–Kier alpha value is -0.830. The lowest BCUT2D eigenvalue weighted by atomic mass is 9.83. The molecule has 1 aromatic rings. The Morgan fingerprint density at radius 2 is 1.95 bits per heavy atom. The molecule has 0 aliphatic carbocycles. The van der Waals surface area contributed by atoms with Gasteiger partial charge in [0.1, 0.15) is 5.78 Å². The van der Waals surface area contributed by atoms with Crippen molar-refractivity contribution in [2.75, 3.05) is 0 Å². The van der Waals surface area contributed by atoms with Crippen molar-refractivity contribution in [1.82, 2.24) is 9.78 Å². The molecule has 21 heavy (non-hydrogen) atoms. The summed E-state index contributed by atoms with van der Waals surface area (Å²) >= 11 is 6.36. The van der Waals surface area contributed by atoms with Crippen LogP contribution in [0.1, 0.15) is 65.8 Å². The van der Waals surface area contributed by atoms with Crippen LogP contribution in [-0.2, 0) is 24.2 Å². The predicted molar refractivity (Wildman–Crippen MR) is 88.9 cm³/mol. The third-order valence-electron chi connectivity index (χ3n) is 3.60. The standard InChI is InChI=1S/C17H29ClN2O/c1-7-14-16(18)15(20(8-2)19-14)10-13(21)9-12(3)11-17(4,5)6/h12H,7-11H2,1-6H3. The van der Waals surface area contributed by atoms with Gasteiger partial charge in [0.2, 0.25) is 0 Å². The summed E-state index contributed by atoms with van der Waals surface area (Å²) in [7, 11) is 0. The maximum atomic E-state index is 12.3. The van der Waals surface area contributed by atoms with Gasteiger partial charge in [-0.15, -0.1) is 0 Å². The van der Waals surface area contributed by atoms with E-state index in [1.165, 1.54) is 0 Å². The molecule has 0 spiro atoms. The van der Waals surface area contributed by atoms with Crippen molar-refractivity contribution < 1.29 is 4.79 Å². The van der Waals surface area contributed by atoms with Gasteiger partial charge >= 0.3 is 0 Å². The number of nitrogens with zero attached hydrogens (tertiary/aromatic N) is 2. The molecular formula is C17H29ClN2O. The van der Waals surface area contributed by atoms with Crippen LogP contribution in [0.5, 0.6) is 0 Å². The average Bonchev–Trinajstić information content (AvgIpc) is 2.63. The number of carbonyl (C=O) groups excluding carboxylic acids is 1. The molecule has 0 aliphatic rings. The molecule has 1 aromatic heterocycles. The highest BCUT2D eigenvalue weighted by Crippen LogP contribution is 2.27. The van der Waals surface area contributed by atoms with E-state index in [2.05, 4.69) is 32.8 Å². The molecule has 0 saturated heterocycles. The van der Waals surface area contributed by atoms with E-state index in [0.29, 0.717) is 23.8 Å². The summed E-state index contributed by atoms with van der Waals surface area (Å²) in [5.41, 5.74) is 2.03. The van der Waals surface area contributed by atoms with E-state index in [-0.39, 0.29) is 11.2 Å². The minimum atomic E-state index is 0.255. The molecule has 0 saturated carbocycles. The van der Waals surface area contributed by atoms with Gasteiger partial charge in [0.05, 0.1) is 16.4 Å². The van der Waals surface area contributed by atoms with Crippen molar-refractivity contribution in [3.63, 3.8) is 0 Å². The zero-order chi connectivity index (χ0) is 16.2. The van der Waals surface area contributed by atoms with Crippen molar-refractivity contribution in [3.05, 3.63) is 16.4 Å². The number of hydrogen-bond donors (Lipinski definition) is 0. The second kappa shape index (κ2) is 7.44. The van der Waals surface area contributed by atoms with Gasteiger partial charge in [0.15, 0.2) is 0 Å². The molecule has 1 atom stereocenters. The fraction of sp³-hybridized carbons (Fsp3) is 0.765. The molecule has 0 aliphatic heterocycles. The minimum Gasteiger partial charge on any atom is -0.299 e. The number of rotatable bonds is 7. The monoisotopic (exact) mass is 312 g/mol. The molecule has 0 fully saturated rings. The summed E-state index contributed by atoms with van der Waals surface area (Å²) in [5.74, 6) is 0.658. The number of carbonyl (C=O) groups is 1. The van der Waals surface area contributed by atoms with Crippen LogP contribution in [0.3, 0.4) is 0 Å². The lowest BCUT2D eigenvalue weighted by Gasteiger charge is -2.22. The van der Waals surface area contributed by atoms with Crippen molar-refractivity contribution in [1.29, 1.82) is 0 Å². The van der Waals surface area contributed by atoms with Gasteiger partial charge in [-0.2, -0.15) is 5.10 Å². The molecule has 3 nitrogen and oxygen atoms in total. The van der Waals surface area contributed by atoms with Crippen LogP contribution in [0, 0.1) is 11.3 Å². The highest BCUT2D eigenvalue weighted by atomic mass is 35.5. The van der Waals surface area contributed by atoms with Crippen LogP contribution in [0.25, 0.3) is 0 Å². The molecule has 0 N–H and O–H groups in total. The first kappa shape index (κ1) is 18.2. The Morgan fingerprint density at radius 1 is 1.33 bits per heavy atom.